The van der Waals surface area contributed by atoms with Crippen molar-refractivity contribution in [2.45, 2.75) is 75.7 Å². The molecule has 5 heterocycles. The number of nitrogens with two attached hydrogens (primary N) is 1. The number of aromatic nitrogens is 6. The number of alkyl halides is 3. The number of halogens is 3. The van der Waals surface area contributed by atoms with E-state index in [1.54, 1.807) is 25.2 Å². The molecular formula is C38H46F3N11O5. The highest BCUT2D eigenvalue weighted by molar-refractivity contribution is 6.24. The Morgan fingerprint density at radius 2 is 1.86 bits per heavy atom. The van der Waals surface area contributed by atoms with Crippen LogP contribution in [0.3, 0.4) is 0 Å². The van der Waals surface area contributed by atoms with Gasteiger partial charge < -0.3 is 25.6 Å². The molecule has 0 spiro atoms. The predicted molar refractivity (Wildman–Crippen MR) is 204 cm³/mol. The minimum atomic E-state index is -2.93. The minimum absolute atomic E-state index is 0.0561. The molecule has 1 aliphatic carbocycles. The van der Waals surface area contributed by atoms with Gasteiger partial charge in [-0.15, -0.1) is 0 Å². The number of carbonyl (C=O) groups is 3. The number of nitrogens with zero attached hydrogens (tertiary/aromatic N) is 8. The Kier molecular flexibility index (Phi) is 11.4. The van der Waals surface area contributed by atoms with Gasteiger partial charge in [0.1, 0.15) is 23.7 Å². The summed E-state index contributed by atoms with van der Waals surface area (Å²) in [6.07, 6.45) is 4.87. The van der Waals surface area contributed by atoms with Gasteiger partial charge in [-0.2, -0.15) is 5.10 Å². The minimum Gasteiger partial charge on any atom is -0.494 e. The van der Waals surface area contributed by atoms with Gasteiger partial charge in [0.05, 0.1) is 42.0 Å². The highest BCUT2D eigenvalue weighted by Gasteiger charge is 2.38. The first-order chi connectivity index (χ1) is 27.4. The van der Waals surface area contributed by atoms with E-state index in [-0.39, 0.29) is 60.4 Å². The fraction of sp³-hybridized carbons (Fsp3) is 0.500. The molecule has 1 aromatic carbocycles. The maximum Gasteiger partial charge on any atom is 0.329 e. The second-order valence-electron chi connectivity index (χ2n) is 14.9. The molecule has 3 amide bonds. The first kappa shape index (κ1) is 39.5. The summed E-state index contributed by atoms with van der Waals surface area (Å²) in [4.78, 5) is 63.1. The lowest BCUT2D eigenvalue weighted by atomic mass is 9.85. The molecule has 57 heavy (non-hydrogen) atoms. The number of hydrogen-bond donors (Lipinski definition) is 3. The van der Waals surface area contributed by atoms with E-state index in [4.69, 9.17) is 10.5 Å². The van der Waals surface area contributed by atoms with E-state index in [2.05, 4.69) is 30.6 Å². The number of amides is 3. The summed E-state index contributed by atoms with van der Waals surface area (Å²) < 4.78 is 54.4. The van der Waals surface area contributed by atoms with Crippen molar-refractivity contribution in [1.29, 1.82) is 0 Å². The average Bonchev–Trinajstić information content (AvgIpc) is 3.73. The Hall–Kier alpha value is -5.72. The summed E-state index contributed by atoms with van der Waals surface area (Å²) in [7, 11) is 5.05. The number of imidazole rings is 1. The standard InChI is InChI=1S/C38H46F3N11O5/c1-48(18-21-5-7-22(8-6-21)51-20-25(31(47-51)34(40)41)45-36(54)23(17-42)35-43-14-4-15-44-35)26-13-16-50(19-24(26)39)33-29(57-3)11-9-27-32(33)49(2)38(56)52(27)28-10-12-30(53)46-37(28)55/h4,9,11,14-15,17,20-22,24,26,28,34H,5-8,10,12-13,16,18-19,42H2,1-3H3,(H,45,54)(H,46,53,55)/b23-17+/t21?,22?,24-,26-,28?/m0/s1. The number of ether oxygens (including phenoxy) is 1. The zero-order chi connectivity index (χ0) is 40.5. The van der Waals surface area contributed by atoms with Crippen LogP contribution in [-0.4, -0.2) is 97.5 Å². The van der Waals surface area contributed by atoms with Crippen molar-refractivity contribution in [3.05, 3.63) is 65.0 Å². The number of benzene rings is 1. The van der Waals surface area contributed by atoms with E-state index < -0.39 is 41.8 Å². The molecule has 2 saturated heterocycles. The number of methoxy groups -OCH3 is 1. The van der Waals surface area contributed by atoms with Crippen LogP contribution in [0.1, 0.15) is 75.0 Å². The maximum absolute atomic E-state index is 16.2. The highest BCUT2D eigenvalue weighted by atomic mass is 19.3. The zero-order valence-electron chi connectivity index (χ0n) is 31.9. The van der Waals surface area contributed by atoms with Gasteiger partial charge in [0.25, 0.3) is 12.3 Å². The van der Waals surface area contributed by atoms with Crippen LogP contribution in [0.2, 0.25) is 0 Å². The van der Waals surface area contributed by atoms with Gasteiger partial charge in [0, 0.05) is 57.4 Å². The Morgan fingerprint density at radius 1 is 1.12 bits per heavy atom. The first-order valence-corrected chi connectivity index (χ1v) is 19.0. The van der Waals surface area contributed by atoms with Crippen LogP contribution >= 0.6 is 0 Å². The molecule has 7 rings (SSSR count). The smallest absolute Gasteiger partial charge is 0.329 e. The number of hydrogen-bond acceptors (Lipinski definition) is 11. The molecular weight excluding hydrogens is 747 g/mol. The third kappa shape index (κ3) is 7.71. The number of aryl methyl sites for hydroxylation is 1. The summed E-state index contributed by atoms with van der Waals surface area (Å²) in [6, 6.07) is 3.63. The number of rotatable bonds is 11. The summed E-state index contributed by atoms with van der Waals surface area (Å²) in [5.74, 6) is -0.872. The van der Waals surface area contributed by atoms with Crippen LogP contribution < -0.4 is 31.7 Å². The molecule has 19 heteroatoms. The number of nitrogens with one attached hydrogen (secondary N) is 2. The summed E-state index contributed by atoms with van der Waals surface area (Å²) in [5.41, 5.74) is 6.09. The fourth-order valence-electron chi connectivity index (χ4n) is 8.59. The quantitative estimate of drug-likeness (QED) is 0.149. The Labute approximate surface area is 325 Å². The Morgan fingerprint density at radius 3 is 2.51 bits per heavy atom. The first-order valence-electron chi connectivity index (χ1n) is 19.0. The van der Waals surface area contributed by atoms with Crippen molar-refractivity contribution in [1.82, 2.24) is 39.1 Å². The van der Waals surface area contributed by atoms with E-state index in [0.29, 0.717) is 54.8 Å². The van der Waals surface area contributed by atoms with Crippen LogP contribution in [0.25, 0.3) is 16.6 Å². The van der Waals surface area contributed by atoms with Crippen LogP contribution in [0.4, 0.5) is 24.5 Å². The molecule has 4 aromatic rings. The van der Waals surface area contributed by atoms with E-state index >= 15 is 4.39 Å². The number of piperidine rings is 2. The summed E-state index contributed by atoms with van der Waals surface area (Å²) in [5, 5.41) is 8.99. The second-order valence-corrected chi connectivity index (χ2v) is 14.9. The van der Waals surface area contributed by atoms with Crippen LogP contribution in [-0.2, 0) is 21.4 Å². The lowest BCUT2D eigenvalue weighted by Crippen LogP contribution is -2.52. The van der Waals surface area contributed by atoms with E-state index in [1.165, 1.54) is 39.5 Å². The van der Waals surface area contributed by atoms with Crippen molar-refractivity contribution < 1.29 is 32.3 Å². The van der Waals surface area contributed by atoms with Gasteiger partial charge in [-0.3, -0.25) is 33.5 Å². The highest BCUT2D eigenvalue weighted by Crippen LogP contribution is 2.40. The molecule has 0 bridgehead atoms. The van der Waals surface area contributed by atoms with Crippen molar-refractivity contribution in [2.75, 3.05) is 44.0 Å². The van der Waals surface area contributed by atoms with Gasteiger partial charge in [-0.1, -0.05) is 0 Å². The van der Waals surface area contributed by atoms with Crippen LogP contribution in [0, 0.1) is 5.92 Å². The molecule has 1 unspecified atom stereocenters. The van der Waals surface area contributed by atoms with Gasteiger partial charge >= 0.3 is 5.69 Å². The number of anilines is 2. The molecule has 3 atom stereocenters. The number of carbonyl (C=O) groups excluding carboxylic acids is 3. The molecule has 16 nitrogen and oxygen atoms in total. The van der Waals surface area contributed by atoms with Crippen molar-refractivity contribution in [3.8, 4) is 5.75 Å². The third-order valence-electron chi connectivity index (χ3n) is 11.5. The van der Waals surface area contributed by atoms with Crippen molar-refractivity contribution in [3.63, 3.8) is 0 Å². The number of imide groups is 1. The van der Waals surface area contributed by atoms with Crippen LogP contribution in [0.5, 0.6) is 5.75 Å². The average molecular weight is 794 g/mol. The molecule has 0 radical (unpaired) electrons. The molecule has 304 valence electrons. The molecule has 4 N–H and O–H groups in total. The van der Waals surface area contributed by atoms with Gasteiger partial charge in [0.2, 0.25) is 11.8 Å². The van der Waals surface area contributed by atoms with E-state index in [1.807, 2.05) is 11.9 Å². The fourth-order valence-corrected chi connectivity index (χ4v) is 8.59. The van der Waals surface area contributed by atoms with Crippen molar-refractivity contribution >= 4 is 45.7 Å². The van der Waals surface area contributed by atoms with E-state index in [0.717, 1.165) is 19.0 Å². The third-order valence-corrected chi connectivity index (χ3v) is 11.5. The summed E-state index contributed by atoms with van der Waals surface area (Å²) >= 11 is 0. The molecule has 1 saturated carbocycles. The zero-order valence-corrected chi connectivity index (χ0v) is 31.9. The Balaban J connectivity index is 0.987. The molecule has 3 fully saturated rings. The largest absolute Gasteiger partial charge is 0.494 e. The van der Waals surface area contributed by atoms with Crippen molar-refractivity contribution in [2.24, 2.45) is 18.7 Å². The second kappa shape index (κ2) is 16.4. The van der Waals surface area contributed by atoms with Crippen LogP contribution in [0.15, 0.2) is 47.8 Å². The molecule has 3 aromatic heterocycles. The maximum atomic E-state index is 16.2. The predicted octanol–water partition coefficient (Wildman–Crippen LogP) is 3.47. The van der Waals surface area contributed by atoms with Gasteiger partial charge in [-0.25, -0.2) is 27.9 Å². The molecule has 2 aliphatic heterocycles. The lowest BCUT2D eigenvalue weighted by Gasteiger charge is -2.42. The van der Waals surface area contributed by atoms with Gasteiger partial charge in [-0.05, 0) is 69.7 Å². The number of fused-ring (bicyclic) bond motifs is 1. The normalized spacial score (nSPS) is 23.3. The summed E-state index contributed by atoms with van der Waals surface area (Å²) in [6.45, 7) is 1.19. The van der Waals surface area contributed by atoms with Gasteiger partial charge in [0.15, 0.2) is 11.5 Å². The SMILES string of the molecule is COc1ccc2c(c1N1CC[C@H](N(C)CC3CCC(n4cc(NC(=O)/C(=C/N)c5ncccn5)c(C(F)F)n4)CC3)[C@@H](F)C1)n(C)c(=O)n2C1CCC(=O)NC1=O. The topological polar surface area (TPSA) is 188 Å². The lowest BCUT2D eigenvalue weighted by molar-refractivity contribution is -0.135. The monoisotopic (exact) mass is 793 g/mol. The molecule has 3 aliphatic rings. The van der Waals surface area contributed by atoms with E-state index in [9.17, 15) is 28.0 Å². The Bertz CT molecular complexity index is 2230.